The summed E-state index contributed by atoms with van der Waals surface area (Å²) in [4.78, 5) is 31.5. The predicted molar refractivity (Wildman–Crippen MR) is 146 cm³/mol. The van der Waals surface area contributed by atoms with E-state index in [0.717, 1.165) is 6.26 Å². The molecule has 0 atom stereocenters. The molecule has 15 heteroatoms. The molecule has 0 unspecified atom stereocenters. The molecule has 0 bridgehead atoms. The van der Waals surface area contributed by atoms with Gasteiger partial charge in [-0.25, -0.2) is 12.8 Å². The van der Waals surface area contributed by atoms with Crippen molar-refractivity contribution in [3.05, 3.63) is 85.8 Å². The number of benzene rings is 1. The standard InChI is InChI=1S/C24H22Cl2FN7O4S/c1-39(37,38)31-20-4-5-21(30-29-20)32-6-8-33(9-7-32)24(36)16-11-14(2-3-18(16)27)10-15-13-28-23(35)19-12-17(25)22(26)34(15)19/h2-5,11-13H,6-10H2,1H3,(H,28,35)(H,29,31). The maximum Gasteiger partial charge on any atom is 0.272 e. The van der Waals surface area contributed by atoms with Crippen molar-refractivity contribution in [2.24, 2.45) is 0 Å². The van der Waals surface area contributed by atoms with Crippen molar-refractivity contribution in [2.75, 3.05) is 42.1 Å². The molecular formula is C24H22Cl2FN7O4S. The molecule has 204 valence electrons. The summed E-state index contributed by atoms with van der Waals surface area (Å²) in [7, 11) is -3.46. The molecule has 5 rings (SSSR count). The molecule has 1 fully saturated rings. The van der Waals surface area contributed by atoms with Crippen molar-refractivity contribution in [3.8, 4) is 0 Å². The van der Waals surface area contributed by atoms with Crippen molar-refractivity contribution in [1.29, 1.82) is 0 Å². The molecule has 4 heterocycles. The van der Waals surface area contributed by atoms with Crippen molar-refractivity contribution in [3.63, 3.8) is 0 Å². The molecule has 0 spiro atoms. The molecule has 2 N–H and O–H groups in total. The number of aromatic amines is 1. The molecule has 0 saturated carbocycles. The number of nitrogens with one attached hydrogen (secondary N) is 2. The van der Waals surface area contributed by atoms with E-state index in [1.54, 1.807) is 17.0 Å². The van der Waals surface area contributed by atoms with Gasteiger partial charge in [0.25, 0.3) is 11.5 Å². The number of hydrogen-bond acceptors (Lipinski definition) is 7. The van der Waals surface area contributed by atoms with Gasteiger partial charge in [0, 0.05) is 44.5 Å². The van der Waals surface area contributed by atoms with Crippen LogP contribution in [0.25, 0.3) is 5.52 Å². The number of anilines is 2. The van der Waals surface area contributed by atoms with Gasteiger partial charge in [0.15, 0.2) is 11.6 Å². The monoisotopic (exact) mass is 593 g/mol. The number of piperazine rings is 1. The number of fused-ring (bicyclic) bond motifs is 1. The third kappa shape index (κ3) is 5.70. The molecular weight excluding hydrogens is 572 g/mol. The first-order valence-corrected chi connectivity index (χ1v) is 14.4. The summed E-state index contributed by atoms with van der Waals surface area (Å²) in [5, 5.41) is 8.36. The van der Waals surface area contributed by atoms with Gasteiger partial charge in [-0.3, -0.25) is 18.7 Å². The predicted octanol–water partition coefficient (Wildman–Crippen LogP) is 2.79. The molecule has 0 radical (unpaired) electrons. The zero-order valence-electron chi connectivity index (χ0n) is 20.5. The second-order valence-corrected chi connectivity index (χ2v) is 11.5. The molecule has 3 aromatic heterocycles. The van der Waals surface area contributed by atoms with Gasteiger partial charge >= 0.3 is 0 Å². The van der Waals surface area contributed by atoms with Crippen LogP contribution in [0.3, 0.4) is 0 Å². The number of rotatable bonds is 6. The van der Waals surface area contributed by atoms with Crippen LogP contribution in [0, 0.1) is 5.82 Å². The fourth-order valence-corrected chi connectivity index (χ4v) is 5.36. The number of carbonyl (C=O) groups excluding carboxylic acids is 1. The van der Waals surface area contributed by atoms with Crippen molar-refractivity contribution in [2.45, 2.75) is 6.42 Å². The van der Waals surface area contributed by atoms with E-state index >= 15 is 0 Å². The minimum absolute atomic E-state index is 0.0609. The fraction of sp³-hybridized carbons (Fsp3) is 0.250. The normalized spacial score (nSPS) is 14.2. The van der Waals surface area contributed by atoms with Gasteiger partial charge in [-0.15, -0.1) is 10.2 Å². The van der Waals surface area contributed by atoms with E-state index in [1.807, 2.05) is 4.90 Å². The Bertz CT molecular complexity index is 1730. The summed E-state index contributed by atoms with van der Waals surface area (Å²) in [5.74, 6) is -0.443. The number of hydrogen-bond donors (Lipinski definition) is 2. The Labute approximate surface area is 232 Å². The number of aromatic nitrogens is 4. The first kappa shape index (κ1) is 26.9. The Morgan fingerprint density at radius 1 is 1.10 bits per heavy atom. The molecule has 1 saturated heterocycles. The first-order chi connectivity index (χ1) is 18.5. The van der Waals surface area contributed by atoms with E-state index in [2.05, 4.69) is 19.9 Å². The molecule has 39 heavy (non-hydrogen) atoms. The van der Waals surface area contributed by atoms with Gasteiger partial charge < -0.3 is 14.8 Å². The zero-order chi connectivity index (χ0) is 27.9. The maximum absolute atomic E-state index is 14.8. The average Bonchev–Trinajstić information content (AvgIpc) is 3.21. The number of amides is 1. The first-order valence-electron chi connectivity index (χ1n) is 11.7. The summed E-state index contributed by atoms with van der Waals surface area (Å²) >= 11 is 12.4. The third-order valence-corrected chi connectivity index (χ3v) is 7.60. The van der Waals surface area contributed by atoms with Crippen LogP contribution in [-0.2, 0) is 16.4 Å². The number of carbonyl (C=O) groups is 1. The SMILES string of the molecule is CS(=O)(=O)Nc1ccc(N2CCN(C(=O)c3cc(Cc4c[nH]c(=O)c5cc(Cl)c(Cl)n45)ccc3F)CC2)nn1. The second kappa shape index (κ2) is 10.5. The molecule has 1 aromatic carbocycles. The van der Waals surface area contributed by atoms with Crippen LogP contribution in [-0.4, -0.2) is 71.2 Å². The van der Waals surface area contributed by atoms with Gasteiger partial charge in [0.1, 0.15) is 16.5 Å². The fourth-order valence-electron chi connectivity index (χ4n) is 4.42. The lowest BCUT2D eigenvalue weighted by atomic mass is 10.0. The Morgan fingerprint density at radius 3 is 2.51 bits per heavy atom. The summed E-state index contributed by atoms with van der Waals surface area (Å²) in [6.07, 6.45) is 2.79. The average molecular weight is 594 g/mol. The Kier molecular flexibility index (Phi) is 7.23. The quantitative estimate of drug-likeness (QED) is 0.351. The highest BCUT2D eigenvalue weighted by atomic mass is 35.5. The van der Waals surface area contributed by atoms with E-state index in [1.165, 1.54) is 34.9 Å². The van der Waals surface area contributed by atoms with Crippen molar-refractivity contribution < 1.29 is 17.6 Å². The van der Waals surface area contributed by atoms with Crippen LogP contribution in [0.15, 0.2) is 47.4 Å². The summed E-state index contributed by atoms with van der Waals surface area (Å²) in [5.41, 5.74) is 1.12. The Hall–Kier alpha value is -3.68. The van der Waals surface area contributed by atoms with Gasteiger partial charge in [0.05, 0.1) is 16.8 Å². The van der Waals surface area contributed by atoms with E-state index in [4.69, 9.17) is 23.2 Å². The van der Waals surface area contributed by atoms with Crippen LogP contribution in [0.5, 0.6) is 0 Å². The van der Waals surface area contributed by atoms with Crippen LogP contribution in [0.1, 0.15) is 21.6 Å². The zero-order valence-corrected chi connectivity index (χ0v) is 22.8. The lowest BCUT2D eigenvalue weighted by molar-refractivity contribution is 0.0741. The van der Waals surface area contributed by atoms with Gasteiger partial charge in [-0.05, 0) is 35.9 Å². The van der Waals surface area contributed by atoms with Gasteiger partial charge in [-0.2, -0.15) is 0 Å². The van der Waals surface area contributed by atoms with Gasteiger partial charge in [-0.1, -0.05) is 29.3 Å². The molecule has 0 aliphatic carbocycles. The number of nitrogens with zero attached hydrogens (tertiary/aromatic N) is 5. The van der Waals surface area contributed by atoms with E-state index in [0.29, 0.717) is 43.3 Å². The second-order valence-electron chi connectivity index (χ2n) is 9.03. The van der Waals surface area contributed by atoms with E-state index in [9.17, 15) is 22.4 Å². The lowest BCUT2D eigenvalue weighted by Gasteiger charge is -2.35. The topological polar surface area (TPSA) is 133 Å². The molecule has 1 aliphatic heterocycles. The minimum atomic E-state index is -3.46. The smallest absolute Gasteiger partial charge is 0.272 e. The summed E-state index contributed by atoms with van der Waals surface area (Å²) < 4.78 is 41.2. The molecule has 1 aliphatic rings. The minimum Gasteiger partial charge on any atom is -0.352 e. The number of sulfonamides is 1. The van der Waals surface area contributed by atoms with Crippen LogP contribution in [0.4, 0.5) is 16.0 Å². The van der Waals surface area contributed by atoms with Crippen molar-refractivity contribution in [1.82, 2.24) is 24.5 Å². The summed E-state index contributed by atoms with van der Waals surface area (Å²) in [6, 6.07) is 8.93. The van der Waals surface area contributed by atoms with Gasteiger partial charge in [0.2, 0.25) is 10.0 Å². The number of halogens is 3. The molecule has 4 aromatic rings. The molecule has 11 nitrogen and oxygen atoms in total. The largest absolute Gasteiger partial charge is 0.352 e. The van der Waals surface area contributed by atoms with Crippen molar-refractivity contribution >= 4 is 56.3 Å². The van der Waals surface area contributed by atoms with E-state index < -0.39 is 21.7 Å². The van der Waals surface area contributed by atoms with E-state index in [-0.39, 0.29) is 39.1 Å². The van der Waals surface area contributed by atoms with Crippen LogP contribution >= 0.6 is 23.2 Å². The molecule has 1 amide bonds. The maximum atomic E-state index is 14.8. The number of H-pyrrole nitrogens is 1. The third-order valence-electron chi connectivity index (χ3n) is 6.27. The highest BCUT2D eigenvalue weighted by Gasteiger charge is 2.25. The highest BCUT2D eigenvalue weighted by molar-refractivity contribution is 7.92. The lowest BCUT2D eigenvalue weighted by Crippen LogP contribution is -2.49. The van der Waals surface area contributed by atoms with Crippen LogP contribution < -0.4 is 15.2 Å². The van der Waals surface area contributed by atoms with Crippen LogP contribution in [0.2, 0.25) is 10.2 Å². The Balaban J connectivity index is 1.29. The summed E-state index contributed by atoms with van der Waals surface area (Å²) in [6.45, 7) is 1.52. The Morgan fingerprint density at radius 2 is 1.85 bits per heavy atom. The highest BCUT2D eigenvalue weighted by Crippen LogP contribution is 2.27.